The van der Waals surface area contributed by atoms with Gasteiger partial charge in [0.05, 0.1) is 12.1 Å². The van der Waals surface area contributed by atoms with Crippen molar-refractivity contribution < 1.29 is 24.5 Å². The van der Waals surface area contributed by atoms with E-state index in [1.54, 1.807) is 20.8 Å². The van der Waals surface area contributed by atoms with Crippen LogP contribution >= 0.6 is 0 Å². The zero-order valence-corrected chi connectivity index (χ0v) is 10.1. The number of hydrogen-bond donors (Lipinski definition) is 3. The Labute approximate surface area is 99.3 Å². The van der Waals surface area contributed by atoms with Crippen molar-refractivity contribution in [3.63, 3.8) is 0 Å². The van der Waals surface area contributed by atoms with Gasteiger partial charge in [-0.15, -0.1) is 0 Å². The van der Waals surface area contributed by atoms with E-state index in [0.717, 1.165) is 0 Å². The quantitative estimate of drug-likeness (QED) is 0.662. The molecule has 2 atom stereocenters. The van der Waals surface area contributed by atoms with Gasteiger partial charge in [-0.05, 0) is 26.8 Å². The molecule has 1 aliphatic rings. The van der Waals surface area contributed by atoms with Crippen LogP contribution in [0.5, 0.6) is 0 Å². The molecule has 0 fully saturated rings. The Morgan fingerprint density at radius 1 is 1.47 bits per heavy atom. The summed E-state index contributed by atoms with van der Waals surface area (Å²) >= 11 is 0. The summed E-state index contributed by atoms with van der Waals surface area (Å²) in [6.45, 7) is 5.16. The highest BCUT2D eigenvalue weighted by Gasteiger charge is 2.31. The molecular weight excluding hydrogens is 226 g/mol. The molecular formula is C11H17NO5. The molecule has 1 amide bonds. The van der Waals surface area contributed by atoms with Crippen LogP contribution in [0.1, 0.15) is 27.2 Å². The predicted molar refractivity (Wildman–Crippen MR) is 59.5 cm³/mol. The van der Waals surface area contributed by atoms with E-state index in [9.17, 15) is 14.7 Å². The fourth-order valence-corrected chi connectivity index (χ4v) is 1.50. The van der Waals surface area contributed by atoms with E-state index in [2.05, 4.69) is 5.32 Å². The monoisotopic (exact) mass is 243 g/mol. The van der Waals surface area contributed by atoms with Crippen LogP contribution in [0.15, 0.2) is 11.6 Å². The van der Waals surface area contributed by atoms with Crippen molar-refractivity contribution in [1.29, 1.82) is 0 Å². The summed E-state index contributed by atoms with van der Waals surface area (Å²) in [4.78, 5) is 22.1. The normalized spacial score (nSPS) is 24.1. The predicted octanol–water partition coefficient (Wildman–Crippen LogP) is 0.655. The van der Waals surface area contributed by atoms with Crippen LogP contribution in [0.2, 0.25) is 0 Å². The van der Waals surface area contributed by atoms with Crippen molar-refractivity contribution in [2.45, 2.75) is 44.9 Å². The molecule has 0 aromatic rings. The van der Waals surface area contributed by atoms with Gasteiger partial charge in [-0.1, -0.05) is 0 Å². The molecule has 0 saturated heterocycles. The first kappa shape index (κ1) is 13.5. The van der Waals surface area contributed by atoms with E-state index >= 15 is 0 Å². The van der Waals surface area contributed by atoms with Gasteiger partial charge in [-0.25, -0.2) is 9.59 Å². The highest BCUT2D eigenvalue weighted by Crippen LogP contribution is 2.20. The van der Waals surface area contributed by atoms with E-state index in [1.807, 2.05) is 0 Å². The van der Waals surface area contributed by atoms with Gasteiger partial charge in [0.25, 0.3) is 0 Å². The van der Waals surface area contributed by atoms with Crippen molar-refractivity contribution in [2.24, 2.45) is 0 Å². The first-order chi connectivity index (χ1) is 7.69. The zero-order chi connectivity index (χ0) is 13.2. The van der Waals surface area contributed by atoms with E-state index < -0.39 is 29.8 Å². The van der Waals surface area contributed by atoms with Gasteiger partial charge in [0.15, 0.2) is 0 Å². The Kier molecular flexibility index (Phi) is 3.77. The van der Waals surface area contributed by atoms with Crippen LogP contribution in [-0.4, -0.2) is 40.0 Å². The van der Waals surface area contributed by atoms with Gasteiger partial charge in [-0.2, -0.15) is 0 Å². The highest BCUT2D eigenvalue weighted by atomic mass is 16.6. The number of aliphatic carboxylic acids is 1. The van der Waals surface area contributed by atoms with Crippen molar-refractivity contribution in [2.75, 3.05) is 0 Å². The third kappa shape index (κ3) is 4.07. The average molecular weight is 243 g/mol. The lowest BCUT2D eigenvalue weighted by Gasteiger charge is -2.22. The molecule has 0 heterocycles. The Balaban J connectivity index is 2.51. The summed E-state index contributed by atoms with van der Waals surface area (Å²) in [5.74, 6) is -1.09. The SMILES string of the molecule is CC(C)(C)OC(=O)N[C@H]1CC(C(=O)O)=CC1O. The summed E-state index contributed by atoms with van der Waals surface area (Å²) < 4.78 is 5.01. The molecule has 0 spiro atoms. The van der Waals surface area contributed by atoms with Gasteiger partial charge < -0.3 is 20.3 Å². The summed E-state index contributed by atoms with van der Waals surface area (Å²) in [5, 5.41) is 20.7. The number of carboxylic acid groups (broad SMARTS) is 1. The molecule has 0 radical (unpaired) electrons. The van der Waals surface area contributed by atoms with E-state index in [4.69, 9.17) is 9.84 Å². The summed E-state index contributed by atoms with van der Waals surface area (Å²) in [5.41, 5.74) is -0.532. The lowest BCUT2D eigenvalue weighted by Crippen LogP contribution is -2.43. The summed E-state index contributed by atoms with van der Waals surface area (Å²) in [6, 6.07) is -0.643. The van der Waals surface area contributed by atoms with Gasteiger partial charge >= 0.3 is 12.1 Å². The number of amides is 1. The lowest BCUT2D eigenvalue weighted by molar-refractivity contribution is -0.132. The van der Waals surface area contributed by atoms with Crippen LogP contribution in [0, 0.1) is 0 Å². The number of ether oxygens (including phenoxy) is 1. The highest BCUT2D eigenvalue weighted by molar-refractivity contribution is 5.87. The molecule has 0 aliphatic heterocycles. The first-order valence-electron chi connectivity index (χ1n) is 5.30. The van der Waals surface area contributed by atoms with Gasteiger partial charge in [0, 0.05) is 12.0 Å². The minimum atomic E-state index is -1.09. The number of carboxylic acids is 1. The van der Waals surface area contributed by atoms with Gasteiger partial charge in [0.2, 0.25) is 0 Å². The standard InChI is InChI=1S/C11H17NO5/c1-11(2,3)17-10(16)12-7-4-6(9(14)15)5-8(7)13/h5,7-8,13H,4H2,1-3H3,(H,12,16)(H,14,15)/t7-,8?/m0/s1. The molecule has 1 rings (SSSR count). The number of hydrogen-bond acceptors (Lipinski definition) is 4. The molecule has 0 aromatic carbocycles. The maximum Gasteiger partial charge on any atom is 0.407 e. The van der Waals surface area contributed by atoms with Crippen molar-refractivity contribution in [3.8, 4) is 0 Å². The fraction of sp³-hybridized carbons (Fsp3) is 0.636. The largest absolute Gasteiger partial charge is 0.478 e. The van der Waals surface area contributed by atoms with Crippen LogP contribution in [0.3, 0.4) is 0 Å². The number of aliphatic hydroxyl groups excluding tert-OH is 1. The maximum atomic E-state index is 11.4. The maximum absolute atomic E-state index is 11.4. The summed E-state index contributed by atoms with van der Waals surface area (Å²) in [6.07, 6.45) is -0.338. The minimum absolute atomic E-state index is 0.0930. The Bertz CT molecular complexity index is 355. The minimum Gasteiger partial charge on any atom is -0.478 e. The number of alkyl carbamates (subject to hydrolysis) is 1. The van der Waals surface area contributed by atoms with Gasteiger partial charge in [0.1, 0.15) is 5.60 Å². The molecule has 3 N–H and O–H groups in total. The number of carbonyl (C=O) groups is 2. The second-order valence-electron chi connectivity index (χ2n) is 4.94. The zero-order valence-electron chi connectivity index (χ0n) is 10.1. The second-order valence-corrected chi connectivity index (χ2v) is 4.94. The smallest absolute Gasteiger partial charge is 0.407 e. The van der Waals surface area contributed by atoms with Crippen LogP contribution in [0.25, 0.3) is 0 Å². The van der Waals surface area contributed by atoms with E-state index in [1.165, 1.54) is 6.08 Å². The number of nitrogens with one attached hydrogen (secondary N) is 1. The number of carbonyl (C=O) groups excluding carboxylic acids is 1. The lowest BCUT2D eigenvalue weighted by atomic mass is 10.1. The van der Waals surface area contributed by atoms with Crippen molar-refractivity contribution in [1.82, 2.24) is 5.32 Å². The Morgan fingerprint density at radius 2 is 2.06 bits per heavy atom. The molecule has 6 nitrogen and oxygen atoms in total. The third-order valence-electron chi connectivity index (χ3n) is 2.20. The Morgan fingerprint density at radius 3 is 2.47 bits per heavy atom. The van der Waals surface area contributed by atoms with E-state index in [0.29, 0.717) is 0 Å². The molecule has 1 unspecified atom stereocenters. The molecule has 0 saturated carbocycles. The first-order valence-corrected chi connectivity index (χ1v) is 5.30. The number of aliphatic hydroxyl groups is 1. The van der Waals surface area contributed by atoms with E-state index in [-0.39, 0.29) is 12.0 Å². The van der Waals surface area contributed by atoms with Crippen molar-refractivity contribution in [3.05, 3.63) is 11.6 Å². The molecule has 1 aliphatic carbocycles. The second kappa shape index (κ2) is 4.75. The van der Waals surface area contributed by atoms with Crippen LogP contribution in [-0.2, 0) is 9.53 Å². The summed E-state index contributed by atoms with van der Waals surface area (Å²) in [7, 11) is 0. The Hall–Kier alpha value is -1.56. The van der Waals surface area contributed by atoms with Crippen LogP contribution in [0.4, 0.5) is 4.79 Å². The average Bonchev–Trinajstić information content (AvgIpc) is 2.44. The molecule has 0 bridgehead atoms. The molecule has 17 heavy (non-hydrogen) atoms. The fourth-order valence-electron chi connectivity index (χ4n) is 1.50. The number of rotatable bonds is 2. The molecule has 96 valence electrons. The third-order valence-corrected chi connectivity index (χ3v) is 2.20. The molecule has 0 aromatic heterocycles. The van der Waals surface area contributed by atoms with Gasteiger partial charge in [-0.3, -0.25) is 0 Å². The van der Waals surface area contributed by atoms with Crippen LogP contribution < -0.4 is 5.32 Å². The topological polar surface area (TPSA) is 95.9 Å². The van der Waals surface area contributed by atoms with Crippen molar-refractivity contribution >= 4 is 12.1 Å². The molecule has 6 heteroatoms.